The third-order valence-corrected chi connectivity index (χ3v) is 4.20. The first-order valence-corrected chi connectivity index (χ1v) is 6.44. The van der Waals surface area contributed by atoms with Crippen LogP contribution in [0.25, 0.3) is 0 Å². The largest absolute Gasteiger partial charge is 0.394 e. The van der Waals surface area contributed by atoms with Crippen molar-refractivity contribution < 1.29 is 9.84 Å². The van der Waals surface area contributed by atoms with Crippen LogP contribution >= 0.6 is 0 Å². The first-order chi connectivity index (χ1) is 7.74. The van der Waals surface area contributed by atoms with Gasteiger partial charge in [0, 0.05) is 18.6 Å². The number of nitrogens with zero attached hydrogens (tertiary/aromatic N) is 1. The molecule has 0 aromatic carbocycles. The molecule has 0 aromatic heterocycles. The zero-order valence-corrected chi connectivity index (χ0v) is 10.0. The molecule has 2 aliphatic rings. The SMILES string of the molecule is NC1(CO)CCCC1CCN1CCOCC1. The minimum atomic E-state index is -0.299. The standard InChI is InChI=1S/C12H24N2O2/c13-12(10-15)4-1-2-11(12)3-5-14-6-8-16-9-7-14/h11,15H,1-10,13H2. The van der Waals surface area contributed by atoms with Crippen molar-refractivity contribution in [2.24, 2.45) is 11.7 Å². The highest BCUT2D eigenvalue weighted by molar-refractivity contribution is 4.96. The fourth-order valence-corrected chi connectivity index (χ4v) is 2.97. The van der Waals surface area contributed by atoms with Crippen molar-refractivity contribution in [3.8, 4) is 0 Å². The Bertz CT molecular complexity index is 219. The van der Waals surface area contributed by atoms with Gasteiger partial charge in [0.15, 0.2) is 0 Å². The third kappa shape index (κ3) is 2.74. The van der Waals surface area contributed by atoms with Crippen LogP contribution in [0, 0.1) is 5.92 Å². The Morgan fingerprint density at radius 2 is 2.12 bits per heavy atom. The molecule has 2 rings (SSSR count). The van der Waals surface area contributed by atoms with Crippen molar-refractivity contribution in [1.29, 1.82) is 0 Å². The van der Waals surface area contributed by atoms with Gasteiger partial charge in [-0.3, -0.25) is 4.90 Å². The molecule has 0 amide bonds. The number of nitrogens with two attached hydrogens (primary N) is 1. The van der Waals surface area contributed by atoms with Crippen LogP contribution in [-0.4, -0.2) is 55.0 Å². The van der Waals surface area contributed by atoms with E-state index in [0.717, 1.165) is 45.7 Å². The van der Waals surface area contributed by atoms with Crippen molar-refractivity contribution >= 4 is 0 Å². The van der Waals surface area contributed by atoms with E-state index in [1.165, 1.54) is 12.8 Å². The summed E-state index contributed by atoms with van der Waals surface area (Å²) in [5, 5.41) is 9.37. The molecule has 2 unspecified atom stereocenters. The number of aliphatic hydroxyl groups is 1. The van der Waals surface area contributed by atoms with E-state index in [4.69, 9.17) is 10.5 Å². The van der Waals surface area contributed by atoms with Gasteiger partial charge in [-0.2, -0.15) is 0 Å². The summed E-state index contributed by atoms with van der Waals surface area (Å²) < 4.78 is 5.33. The van der Waals surface area contributed by atoms with Crippen molar-refractivity contribution in [2.75, 3.05) is 39.5 Å². The molecule has 2 fully saturated rings. The predicted octanol–water partition coefficient (Wildman–Crippen LogP) is 0.199. The Hall–Kier alpha value is -0.160. The second-order valence-corrected chi connectivity index (χ2v) is 5.22. The van der Waals surface area contributed by atoms with Crippen LogP contribution in [0.2, 0.25) is 0 Å². The van der Waals surface area contributed by atoms with Crippen molar-refractivity contribution in [3.63, 3.8) is 0 Å². The van der Waals surface area contributed by atoms with Gasteiger partial charge in [-0.05, 0) is 31.7 Å². The number of aliphatic hydroxyl groups excluding tert-OH is 1. The number of hydrogen-bond donors (Lipinski definition) is 2. The van der Waals surface area contributed by atoms with Gasteiger partial charge < -0.3 is 15.6 Å². The van der Waals surface area contributed by atoms with E-state index in [1.807, 2.05) is 0 Å². The molecule has 16 heavy (non-hydrogen) atoms. The molecule has 1 aliphatic carbocycles. The molecule has 0 spiro atoms. The van der Waals surface area contributed by atoms with Crippen LogP contribution in [0.3, 0.4) is 0 Å². The van der Waals surface area contributed by atoms with Crippen molar-refractivity contribution in [2.45, 2.75) is 31.2 Å². The normalized spacial score (nSPS) is 36.8. The molecular weight excluding hydrogens is 204 g/mol. The number of ether oxygens (including phenoxy) is 1. The molecule has 4 nitrogen and oxygen atoms in total. The van der Waals surface area contributed by atoms with Crippen LogP contribution in [0.5, 0.6) is 0 Å². The van der Waals surface area contributed by atoms with Crippen LogP contribution in [0.1, 0.15) is 25.7 Å². The Labute approximate surface area is 97.7 Å². The lowest BCUT2D eigenvalue weighted by atomic mass is 9.86. The van der Waals surface area contributed by atoms with Gasteiger partial charge in [-0.25, -0.2) is 0 Å². The fraction of sp³-hybridized carbons (Fsp3) is 1.00. The molecule has 94 valence electrons. The minimum Gasteiger partial charge on any atom is -0.394 e. The Balaban J connectivity index is 1.76. The molecule has 4 heteroatoms. The zero-order valence-electron chi connectivity index (χ0n) is 10.0. The summed E-state index contributed by atoms with van der Waals surface area (Å²) >= 11 is 0. The van der Waals surface area contributed by atoms with E-state index in [9.17, 15) is 5.11 Å². The average molecular weight is 228 g/mol. The highest BCUT2D eigenvalue weighted by Gasteiger charge is 2.38. The summed E-state index contributed by atoms with van der Waals surface area (Å²) in [6, 6.07) is 0. The highest BCUT2D eigenvalue weighted by Crippen LogP contribution is 2.35. The Morgan fingerprint density at radius 1 is 1.38 bits per heavy atom. The summed E-state index contributed by atoms with van der Waals surface area (Å²) in [5.41, 5.74) is 5.93. The van der Waals surface area contributed by atoms with Crippen molar-refractivity contribution in [3.05, 3.63) is 0 Å². The maximum absolute atomic E-state index is 9.37. The van der Waals surface area contributed by atoms with E-state index < -0.39 is 0 Å². The molecule has 3 N–H and O–H groups in total. The van der Waals surface area contributed by atoms with Gasteiger partial charge >= 0.3 is 0 Å². The topological polar surface area (TPSA) is 58.7 Å². The fourth-order valence-electron chi connectivity index (χ4n) is 2.97. The van der Waals surface area contributed by atoms with Crippen LogP contribution in [0.15, 0.2) is 0 Å². The summed E-state index contributed by atoms with van der Waals surface area (Å²) in [6.45, 7) is 5.05. The van der Waals surface area contributed by atoms with E-state index in [0.29, 0.717) is 5.92 Å². The van der Waals surface area contributed by atoms with Gasteiger partial charge in [0.2, 0.25) is 0 Å². The first kappa shape index (κ1) is 12.3. The molecule has 1 saturated heterocycles. The molecule has 0 radical (unpaired) electrons. The van der Waals surface area contributed by atoms with E-state index in [2.05, 4.69) is 4.90 Å². The van der Waals surface area contributed by atoms with E-state index in [-0.39, 0.29) is 12.1 Å². The lowest BCUT2D eigenvalue weighted by Crippen LogP contribution is -2.48. The predicted molar refractivity (Wildman–Crippen MR) is 63.2 cm³/mol. The molecule has 1 saturated carbocycles. The molecule has 1 heterocycles. The smallest absolute Gasteiger partial charge is 0.0613 e. The minimum absolute atomic E-state index is 0.140. The van der Waals surface area contributed by atoms with Gasteiger partial charge in [-0.15, -0.1) is 0 Å². The molecule has 0 bridgehead atoms. The van der Waals surface area contributed by atoms with Crippen LogP contribution in [-0.2, 0) is 4.74 Å². The zero-order chi connectivity index (χ0) is 11.4. The quantitative estimate of drug-likeness (QED) is 0.721. The summed E-state index contributed by atoms with van der Waals surface area (Å²) in [6.07, 6.45) is 4.46. The highest BCUT2D eigenvalue weighted by atomic mass is 16.5. The van der Waals surface area contributed by atoms with Crippen LogP contribution in [0.4, 0.5) is 0 Å². The lowest BCUT2D eigenvalue weighted by Gasteiger charge is -2.32. The van der Waals surface area contributed by atoms with Gasteiger partial charge in [-0.1, -0.05) is 6.42 Å². The number of morpholine rings is 1. The van der Waals surface area contributed by atoms with Crippen LogP contribution < -0.4 is 5.73 Å². The van der Waals surface area contributed by atoms with Gasteiger partial charge in [0.25, 0.3) is 0 Å². The Morgan fingerprint density at radius 3 is 2.81 bits per heavy atom. The van der Waals surface area contributed by atoms with E-state index >= 15 is 0 Å². The monoisotopic (exact) mass is 228 g/mol. The third-order valence-electron chi connectivity index (χ3n) is 4.20. The lowest BCUT2D eigenvalue weighted by molar-refractivity contribution is 0.0328. The van der Waals surface area contributed by atoms with E-state index in [1.54, 1.807) is 0 Å². The molecule has 0 aromatic rings. The summed E-state index contributed by atoms with van der Waals surface area (Å²) in [7, 11) is 0. The Kier molecular flexibility index (Phi) is 4.19. The second-order valence-electron chi connectivity index (χ2n) is 5.22. The average Bonchev–Trinajstić information content (AvgIpc) is 2.70. The summed E-state index contributed by atoms with van der Waals surface area (Å²) in [5.74, 6) is 0.500. The molecular formula is C12H24N2O2. The maximum Gasteiger partial charge on any atom is 0.0613 e. The van der Waals surface area contributed by atoms with Gasteiger partial charge in [0.05, 0.1) is 19.8 Å². The molecule has 2 atom stereocenters. The second kappa shape index (κ2) is 5.45. The van der Waals surface area contributed by atoms with Gasteiger partial charge in [0.1, 0.15) is 0 Å². The number of hydrogen-bond acceptors (Lipinski definition) is 4. The summed E-state index contributed by atoms with van der Waals surface area (Å²) in [4.78, 5) is 2.44. The first-order valence-electron chi connectivity index (χ1n) is 6.44. The molecule has 1 aliphatic heterocycles. The number of rotatable bonds is 4. The maximum atomic E-state index is 9.37. The van der Waals surface area contributed by atoms with Crippen molar-refractivity contribution in [1.82, 2.24) is 4.90 Å².